The Kier molecular flexibility index (Phi) is 1.40. The van der Waals surface area contributed by atoms with Crippen molar-refractivity contribution in [2.75, 3.05) is 6.61 Å². The van der Waals surface area contributed by atoms with Gasteiger partial charge in [-0.2, -0.15) is 0 Å². The predicted molar refractivity (Wildman–Crippen MR) is 41.2 cm³/mol. The molecule has 0 aromatic carbocycles. The zero-order valence-electron chi connectivity index (χ0n) is 5.96. The monoisotopic (exact) mass is 151 g/mol. The van der Waals surface area contributed by atoms with Crippen LogP contribution in [0.2, 0.25) is 0 Å². The fraction of sp³-hybridized carbons (Fsp3) is 0.286. The Bertz CT molecular complexity index is 321. The molecular formula is C7H9N3O. The number of rotatable bonds is 2. The van der Waals surface area contributed by atoms with E-state index < -0.39 is 0 Å². The highest BCUT2D eigenvalue weighted by Gasteiger charge is 2.00. The predicted octanol–water partition coefficient (Wildman–Crippen LogP) is 0.426. The van der Waals surface area contributed by atoms with Crippen LogP contribution in [0.4, 0.5) is 0 Å². The lowest BCUT2D eigenvalue weighted by Gasteiger charge is -1.88. The van der Waals surface area contributed by atoms with Crippen LogP contribution in [0.15, 0.2) is 12.4 Å². The summed E-state index contributed by atoms with van der Waals surface area (Å²) in [6.45, 7) is 0.170. The van der Waals surface area contributed by atoms with Gasteiger partial charge in [0.15, 0.2) is 5.65 Å². The first-order valence-corrected chi connectivity index (χ1v) is 3.52. The van der Waals surface area contributed by atoms with Crippen LogP contribution in [0.5, 0.6) is 0 Å². The molecule has 0 saturated heterocycles. The third kappa shape index (κ3) is 1.01. The number of aliphatic hydroxyl groups excluding tert-OH is 1. The Balaban J connectivity index is 2.42. The van der Waals surface area contributed by atoms with Crippen molar-refractivity contribution in [2.24, 2.45) is 0 Å². The minimum absolute atomic E-state index is 0.170. The van der Waals surface area contributed by atoms with Crippen LogP contribution < -0.4 is 0 Å². The number of nitrogens with one attached hydrogen (secondary N) is 2. The highest BCUT2D eigenvalue weighted by atomic mass is 16.3. The van der Waals surface area contributed by atoms with Gasteiger partial charge in [-0.3, -0.25) is 0 Å². The van der Waals surface area contributed by atoms with Gasteiger partial charge in [0.2, 0.25) is 0 Å². The molecular weight excluding hydrogens is 142 g/mol. The molecule has 11 heavy (non-hydrogen) atoms. The van der Waals surface area contributed by atoms with E-state index in [0.29, 0.717) is 6.42 Å². The summed E-state index contributed by atoms with van der Waals surface area (Å²) < 4.78 is 0. The molecule has 4 nitrogen and oxygen atoms in total. The molecule has 0 aliphatic rings. The summed E-state index contributed by atoms with van der Waals surface area (Å²) in [6.07, 6.45) is 2.30. The third-order valence-electron chi connectivity index (χ3n) is 1.65. The van der Waals surface area contributed by atoms with Crippen molar-refractivity contribution in [3.63, 3.8) is 0 Å². The highest BCUT2D eigenvalue weighted by Crippen LogP contribution is 2.09. The molecule has 0 bridgehead atoms. The molecule has 0 unspecified atom stereocenters. The molecule has 0 aliphatic heterocycles. The second-order valence-corrected chi connectivity index (χ2v) is 2.43. The molecule has 2 heterocycles. The van der Waals surface area contributed by atoms with Crippen molar-refractivity contribution in [3.05, 3.63) is 18.1 Å². The first-order chi connectivity index (χ1) is 5.40. The van der Waals surface area contributed by atoms with E-state index >= 15 is 0 Å². The number of nitrogens with zero attached hydrogens (tertiary/aromatic N) is 1. The van der Waals surface area contributed by atoms with Crippen molar-refractivity contribution in [3.8, 4) is 0 Å². The average molecular weight is 151 g/mol. The summed E-state index contributed by atoms with van der Waals surface area (Å²) in [5, 5.41) is 8.63. The Labute approximate surface area is 63.3 Å². The Morgan fingerprint density at radius 1 is 1.55 bits per heavy atom. The van der Waals surface area contributed by atoms with E-state index in [4.69, 9.17) is 5.11 Å². The molecule has 0 fully saturated rings. The molecule has 58 valence electrons. The lowest BCUT2D eigenvalue weighted by Crippen LogP contribution is -1.89. The molecule has 0 radical (unpaired) electrons. The Morgan fingerprint density at radius 2 is 2.45 bits per heavy atom. The lowest BCUT2D eigenvalue weighted by atomic mass is 10.3. The molecule has 2 aromatic heterocycles. The second kappa shape index (κ2) is 2.39. The molecule has 4 heteroatoms. The average Bonchev–Trinajstić information content (AvgIpc) is 2.46. The number of fused-ring (bicyclic) bond motifs is 1. The van der Waals surface area contributed by atoms with E-state index in [-0.39, 0.29) is 6.61 Å². The molecule has 2 rings (SSSR count). The van der Waals surface area contributed by atoms with Gasteiger partial charge in [-0.15, -0.1) is 0 Å². The van der Waals surface area contributed by atoms with Crippen LogP contribution >= 0.6 is 0 Å². The third-order valence-corrected chi connectivity index (χ3v) is 1.65. The molecule has 2 aromatic rings. The first kappa shape index (κ1) is 6.42. The smallest absolute Gasteiger partial charge is 0.155 e. The summed E-state index contributed by atoms with van der Waals surface area (Å²) in [6, 6.07) is 1.96. The minimum atomic E-state index is 0.170. The van der Waals surface area contributed by atoms with Crippen LogP contribution in [0.1, 0.15) is 5.69 Å². The molecule has 0 saturated carbocycles. The molecule has 0 aliphatic carbocycles. The van der Waals surface area contributed by atoms with Crippen molar-refractivity contribution in [1.29, 1.82) is 0 Å². The van der Waals surface area contributed by atoms with E-state index in [2.05, 4.69) is 15.0 Å². The summed E-state index contributed by atoms with van der Waals surface area (Å²) in [4.78, 5) is 10.1. The molecule has 0 spiro atoms. The van der Waals surface area contributed by atoms with Crippen LogP contribution in [-0.2, 0) is 6.42 Å². The number of hydrogen-bond acceptors (Lipinski definition) is 2. The van der Waals surface area contributed by atoms with Crippen molar-refractivity contribution < 1.29 is 5.11 Å². The van der Waals surface area contributed by atoms with Gasteiger partial charge in [0, 0.05) is 18.7 Å². The van der Waals surface area contributed by atoms with Crippen molar-refractivity contribution in [2.45, 2.75) is 6.42 Å². The molecule has 0 atom stereocenters. The maximum Gasteiger partial charge on any atom is 0.155 e. The van der Waals surface area contributed by atoms with Crippen LogP contribution in [0, 0.1) is 0 Å². The zero-order valence-corrected chi connectivity index (χ0v) is 5.96. The Hall–Kier alpha value is -1.29. The van der Waals surface area contributed by atoms with Gasteiger partial charge < -0.3 is 15.1 Å². The molecule has 0 amide bonds. The summed E-state index contributed by atoms with van der Waals surface area (Å²) in [7, 11) is 0. The summed E-state index contributed by atoms with van der Waals surface area (Å²) in [5.74, 6) is 0. The fourth-order valence-electron chi connectivity index (χ4n) is 1.13. The van der Waals surface area contributed by atoms with E-state index in [1.807, 2.05) is 6.07 Å². The highest BCUT2D eigenvalue weighted by molar-refractivity contribution is 5.71. The number of H-pyrrole nitrogens is 2. The molecule has 3 N–H and O–H groups in total. The normalized spacial score (nSPS) is 11.0. The SMILES string of the molecule is OCCc1cc2[nH]cnc2[nH]1. The van der Waals surface area contributed by atoms with Crippen LogP contribution in [-0.4, -0.2) is 26.7 Å². The van der Waals surface area contributed by atoms with E-state index in [9.17, 15) is 0 Å². The first-order valence-electron chi connectivity index (χ1n) is 3.52. The van der Waals surface area contributed by atoms with Gasteiger partial charge in [0.05, 0.1) is 11.8 Å². The topological polar surface area (TPSA) is 64.7 Å². The number of hydrogen-bond donors (Lipinski definition) is 3. The van der Waals surface area contributed by atoms with Crippen LogP contribution in [0.3, 0.4) is 0 Å². The zero-order chi connectivity index (χ0) is 7.68. The van der Waals surface area contributed by atoms with Gasteiger partial charge >= 0.3 is 0 Å². The van der Waals surface area contributed by atoms with Gasteiger partial charge in [0.25, 0.3) is 0 Å². The van der Waals surface area contributed by atoms with E-state index in [1.165, 1.54) is 0 Å². The quantitative estimate of drug-likeness (QED) is 0.582. The van der Waals surface area contributed by atoms with Crippen molar-refractivity contribution in [1.82, 2.24) is 15.0 Å². The van der Waals surface area contributed by atoms with E-state index in [1.54, 1.807) is 6.33 Å². The standard InChI is InChI=1S/C7H9N3O/c11-2-1-5-3-6-7(10-5)9-4-8-6/h3-4,10-11H,1-2H2,(H,8,9). The minimum Gasteiger partial charge on any atom is -0.396 e. The fourth-order valence-corrected chi connectivity index (χ4v) is 1.13. The van der Waals surface area contributed by atoms with Gasteiger partial charge in [-0.1, -0.05) is 0 Å². The van der Waals surface area contributed by atoms with Gasteiger partial charge in [-0.05, 0) is 6.07 Å². The Morgan fingerprint density at radius 3 is 3.18 bits per heavy atom. The second-order valence-electron chi connectivity index (χ2n) is 2.43. The van der Waals surface area contributed by atoms with Gasteiger partial charge in [-0.25, -0.2) is 4.98 Å². The number of aromatic nitrogens is 3. The number of imidazole rings is 1. The summed E-state index contributed by atoms with van der Waals surface area (Å²) >= 11 is 0. The van der Waals surface area contributed by atoms with Crippen molar-refractivity contribution >= 4 is 11.2 Å². The van der Waals surface area contributed by atoms with Crippen LogP contribution in [0.25, 0.3) is 11.2 Å². The lowest BCUT2D eigenvalue weighted by molar-refractivity contribution is 0.298. The van der Waals surface area contributed by atoms with Gasteiger partial charge in [0.1, 0.15) is 0 Å². The number of aromatic amines is 2. The van der Waals surface area contributed by atoms with E-state index in [0.717, 1.165) is 16.9 Å². The summed E-state index contributed by atoms with van der Waals surface area (Å²) in [5.41, 5.74) is 2.86. The maximum absolute atomic E-state index is 8.63. The number of aliphatic hydroxyl groups is 1. The maximum atomic E-state index is 8.63. The largest absolute Gasteiger partial charge is 0.396 e.